The average molecular weight is 272 g/mol. The van der Waals surface area contributed by atoms with Gasteiger partial charge in [0.1, 0.15) is 11.6 Å². The smallest absolute Gasteiger partial charge is 0.129 e. The van der Waals surface area contributed by atoms with Crippen LogP contribution in [0.4, 0.5) is 8.78 Å². The van der Waals surface area contributed by atoms with Crippen LogP contribution in [0.2, 0.25) is 0 Å². The largest absolute Gasteiger partial charge is 0.207 e. The van der Waals surface area contributed by atoms with E-state index in [9.17, 15) is 8.78 Å². The summed E-state index contributed by atoms with van der Waals surface area (Å²) in [5.41, 5.74) is 3.79. The third-order valence-corrected chi connectivity index (χ3v) is 3.40. The molecule has 20 heavy (non-hydrogen) atoms. The van der Waals surface area contributed by atoms with E-state index in [2.05, 4.69) is 26.5 Å². The molecule has 0 radical (unpaired) electrons. The molecule has 2 rings (SSSR count). The van der Waals surface area contributed by atoms with Crippen LogP contribution in [-0.4, -0.2) is 0 Å². The maximum Gasteiger partial charge on any atom is 0.129 e. The summed E-state index contributed by atoms with van der Waals surface area (Å²) >= 11 is 0. The van der Waals surface area contributed by atoms with Gasteiger partial charge in [-0.2, -0.15) is 0 Å². The van der Waals surface area contributed by atoms with Crippen LogP contribution < -0.4 is 0 Å². The third kappa shape index (κ3) is 3.13. The van der Waals surface area contributed by atoms with Gasteiger partial charge in [0.05, 0.1) is 0 Å². The molecular formula is C18H18F2. The summed E-state index contributed by atoms with van der Waals surface area (Å²) in [7, 11) is 0. The standard InChI is InChI=1S/C18H18F2/c1-4-14-9-13(5-8-17(14)12(2)3)10-15-6-7-16(19)11-18(15)20/h4-9,11-12H,1,10H2,2-3H3. The number of benzene rings is 2. The summed E-state index contributed by atoms with van der Waals surface area (Å²) in [4.78, 5) is 0. The van der Waals surface area contributed by atoms with Crippen LogP contribution in [0.1, 0.15) is 42.0 Å². The van der Waals surface area contributed by atoms with Gasteiger partial charge in [-0.15, -0.1) is 0 Å². The Balaban J connectivity index is 2.32. The van der Waals surface area contributed by atoms with Gasteiger partial charge in [0.15, 0.2) is 0 Å². The molecule has 0 aliphatic carbocycles. The van der Waals surface area contributed by atoms with Gasteiger partial charge in [-0.1, -0.05) is 50.8 Å². The van der Waals surface area contributed by atoms with E-state index in [-0.39, 0.29) is 0 Å². The maximum absolute atomic E-state index is 13.7. The second-order valence-electron chi connectivity index (χ2n) is 5.23. The van der Waals surface area contributed by atoms with Gasteiger partial charge in [-0.25, -0.2) is 8.78 Å². The lowest BCUT2D eigenvalue weighted by Crippen LogP contribution is -1.97. The first-order chi connectivity index (χ1) is 9.51. The number of hydrogen-bond donors (Lipinski definition) is 0. The molecule has 2 aromatic rings. The van der Waals surface area contributed by atoms with Crippen molar-refractivity contribution in [2.75, 3.05) is 0 Å². The molecule has 0 bridgehead atoms. The first-order valence-corrected chi connectivity index (χ1v) is 6.70. The van der Waals surface area contributed by atoms with Crippen LogP contribution in [0.3, 0.4) is 0 Å². The minimum absolute atomic E-state index is 0.416. The second-order valence-corrected chi connectivity index (χ2v) is 5.23. The van der Waals surface area contributed by atoms with Gasteiger partial charge in [0.25, 0.3) is 0 Å². The Bertz CT molecular complexity index is 627. The Hall–Kier alpha value is -1.96. The summed E-state index contributed by atoms with van der Waals surface area (Å²) in [5, 5.41) is 0. The van der Waals surface area contributed by atoms with Crippen molar-refractivity contribution < 1.29 is 8.78 Å². The van der Waals surface area contributed by atoms with Gasteiger partial charge in [-0.3, -0.25) is 0 Å². The molecule has 0 aromatic heterocycles. The molecule has 0 N–H and O–H groups in total. The molecule has 0 spiro atoms. The molecule has 0 saturated heterocycles. The normalized spacial score (nSPS) is 10.8. The van der Waals surface area contributed by atoms with Crippen molar-refractivity contribution in [3.05, 3.63) is 76.9 Å². The molecule has 104 valence electrons. The number of hydrogen-bond acceptors (Lipinski definition) is 0. The zero-order chi connectivity index (χ0) is 14.7. The molecule has 0 aliphatic heterocycles. The van der Waals surface area contributed by atoms with Gasteiger partial charge in [0.2, 0.25) is 0 Å². The Morgan fingerprint density at radius 3 is 2.45 bits per heavy atom. The van der Waals surface area contributed by atoms with Gasteiger partial charge >= 0.3 is 0 Å². The van der Waals surface area contributed by atoms with Gasteiger partial charge in [-0.05, 0) is 34.2 Å². The quantitative estimate of drug-likeness (QED) is 0.706. The lowest BCUT2D eigenvalue weighted by atomic mass is 9.93. The zero-order valence-electron chi connectivity index (χ0n) is 11.8. The predicted molar refractivity (Wildman–Crippen MR) is 79.8 cm³/mol. The molecular weight excluding hydrogens is 254 g/mol. The number of rotatable bonds is 4. The summed E-state index contributed by atoms with van der Waals surface area (Å²) in [6.45, 7) is 8.08. The van der Waals surface area contributed by atoms with Gasteiger partial charge < -0.3 is 0 Å². The highest BCUT2D eigenvalue weighted by molar-refractivity contribution is 5.54. The number of halogens is 2. The summed E-state index contributed by atoms with van der Waals surface area (Å²) in [6, 6.07) is 9.77. The lowest BCUT2D eigenvalue weighted by Gasteiger charge is -2.12. The highest BCUT2D eigenvalue weighted by atomic mass is 19.1. The lowest BCUT2D eigenvalue weighted by molar-refractivity contribution is 0.574. The summed E-state index contributed by atoms with van der Waals surface area (Å²) < 4.78 is 26.6. The van der Waals surface area contributed by atoms with E-state index in [1.54, 1.807) is 0 Å². The van der Waals surface area contributed by atoms with Crippen molar-refractivity contribution in [3.8, 4) is 0 Å². The molecule has 2 heteroatoms. The fraction of sp³-hybridized carbons (Fsp3) is 0.222. The van der Waals surface area contributed by atoms with E-state index in [0.717, 1.165) is 17.2 Å². The van der Waals surface area contributed by atoms with Crippen molar-refractivity contribution >= 4 is 6.08 Å². The van der Waals surface area contributed by atoms with Crippen LogP contribution in [-0.2, 0) is 6.42 Å². The highest BCUT2D eigenvalue weighted by Crippen LogP contribution is 2.23. The fourth-order valence-electron chi connectivity index (χ4n) is 2.32. The SMILES string of the molecule is C=Cc1cc(Cc2ccc(F)cc2F)ccc1C(C)C. The van der Waals surface area contributed by atoms with E-state index in [1.807, 2.05) is 18.2 Å². The van der Waals surface area contributed by atoms with Crippen molar-refractivity contribution in [3.63, 3.8) is 0 Å². The molecule has 0 saturated carbocycles. The van der Waals surface area contributed by atoms with Crippen LogP contribution in [0.5, 0.6) is 0 Å². The van der Waals surface area contributed by atoms with E-state index in [4.69, 9.17) is 0 Å². The Morgan fingerprint density at radius 1 is 1.10 bits per heavy atom. The average Bonchev–Trinajstić information content (AvgIpc) is 2.41. The van der Waals surface area contributed by atoms with Gasteiger partial charge in [0, 0.05) is 12.5 Å². The Kier molecular flexibility index (Phi) is 4.33. The maximum atomic E-state index is 13.7. The Labute approximate surface area is 118 Å². The van der Waals surface area contributed by atoms with Crippen molar-refractivity contribution in [1.29, 1.82) is 0 Å². The first kappa shape index (κ1) is 14.4. The molecule has 0 atom stereocenters. The first-order valence-electron chi connectivity index (χ1n) is 6.70. The molecule has 0 fully saturated rings. The van der Waals surface area contributed by atoms with Crippen LogP contribution in [0.15, 0.2) is 43.0 Å². The van der Waals surface area contributed by atoms with Crippen molar-refractivity contribution in [2.24, 2.45) is 0 Å². The third-order valence-electron chi connectivity index (χ3n) is 3.40. The molecule has 0 unspecified atom stereocenters. The molecule has 0 aliphatic rings. The van der Waals surface area contributed by atoms with Crippen molar-refractivity contribution in [2.45, 2.75) is 26.2 Å². The molecule has 0 heterocycles. The fourth-order valence-corrected chi connectivity index (χ4v) is 2.32. The van der Waals surface area contributed by atoms with E-state index < -0.39 is 11.6 Å². The van der Waals surface area contributed by atoms with Crippen LogP contribution >= 0.6 is 0 Å². The minimum Gasteiger partial charge on any atom is -0.207 e. The van der Waals surface area contributed by atoms with Crippen molar-refractivity contribution in [1.82, 2.24) is 0 Å². The van der Waals surface area contributed by atoms with E-state index in [0.29, 0.717) is 17.9 Å². The molecule has 0 nitrogen and oxygen atoms in total. The minimum atomic E-state index is -0.548. The summed E-state index contributed by atoms with van der Waals surface area (Å²) in [5.74, 6) is -0.633. The topological polar surface area (TPSA) is 0 Å². The second kappa shape index (κ2) is 6.00. The highest BCUT2D eigenvalue weighted by Gasteiger charge is 2.08. The Morgan fingerprint density at radius 2 is 1.85 bits per heavy atom. The predicted octanol–water partition coefficient (Wildman–Crippen LogP) is 5.32. The zero-order valence-corrected chi connectivity index (χ0v) is 11.8. The molecule has 0 amide bonds. The summed E-state index contributed by atoms with van der Waals surface area (Å²) in [6.07, 6.45) is 2.27. The van der Waals surface area contributed by atoms with Crippen LogP contribution in [0, 0.1) is 11.6 Å². The van der Waals surface area contributed by atoms with Crippen LogP contribution in [0.25, 0.3) is 6.08 Å². The molecule has 2 aromatic carbocycles. The van der Waals surface area contributed by atoms with E-state index >= 15 is 0 Å². The van der Waals surface area contributed by atoms with E-state index in [1.165, 1.54) is 17.7 Å². The monoisotopic (exact) mass is 272 g/mol.